The summed E-state index contributed by atoms with van der Waals surface area (Å²) in [5.74, 6) is 0.937. The molecule has 0 N–H and O–H groups in total. The summed E-state index contributed by atoms with van der Waals surface area (Å²) in [7, 11) is 0. The fraction of sp³-hybridized carbons (Fsp3) is 0.444. The maximum Gasteiger partial charge on any atom is 0.135 e. The zero-order valence-electron chi connectivity index (χ0n) is 13.6. The van der Waals surface area contributed by atoms with Crippen LogP contribution < -0.4 is 0 Å². The minimum atomic E-state index is -0.0373. The molecule has 1 aromatic carbocycles. The molecule has 0 aliphatic rings. The highest BCUT2D eigenvalue weighted by atomic mass is 32.1. The first-order valence-electron chi connectivity index (χ1n) is 7.38. The van der Waals surface area contributed by atoms with E-state index in [-0.39, 0.29) is 10.8 Å². The van der Waals surface area contributed by atoms with Gasteiger partial charge >= 0.3 is 0 Å². The van der Waals surface area contributed by atoms with Crippen molar-refractivity contribution in [2.24, 2.45) is 0 Å². The lowest BCUT2D eigenvalue weighted by molar-refractivity contribution is 0.521. The molecule has 3 rings (SSSR count). The second-order valence-corrected chi connectivity index (χ2v) is 8.70. The van der Waals surface area contributed by atoms with Gasteiger partial charge in [0.05, 0.1) is 5.69 Å². The predicted molar refractivity (Wildman–Crippen MR) is 92.3 cm³/mol. The summed E-state index contributed by atoms with van der Waals surface area (Å²) in [6.07, 6.45) is 0. The lowest BCUT2D eigenvalue weighted by atomic mass is 9.88. The molecule has 0 saturated heterocycles. The molecular weight excluding hydrogens is 276 g/mol. The largest absolute Gasteiger partial charge is 0.236 e. The van der Waals surface area contributed by atoms with Gasteiger partial charge in [-0.2, -0.15) is 0 Å². The molecule has 2 nitrogen and oxygen atoms in total. The Balaban J connectivity index is 2.48. The van der Waals surface area contributed by atoms with Crippen molar-refractivity contribution in [1.82, 2.24) is 9.97 Å². The van der Waals surface area contributed by atoms with Crippen LogP contribution in [0.5, 0.6) is 0 Å². The van der Waals surface area contributed by atoms with Gasteiger partial charge in [0.25, 0.3) is 0 Å². The highest BCUT2D eigenvalue weighted by molar-refractivity contribution is 7.25. The standard InChI is InChI=1S/C18H22N2S/c1-17(2,3)14-13-11-9-7-8-10-12(11)21-15(13)20-16(19-14)18(4,5)6/h7-10H,1-6H3. The molecule has 21 heavy (non-hydrogen) atoms. The van der Waals surface area contributed by atoms with Gasteiger partial charge in [-0.15, -0.1) is 11.3 Å². The Labute approximate surface area is 130 Å². The summed E-state index contributed by atoms with van der Waals surface area (Å²) in [5.41, 5.74) is 1.13. The molecule has 0 bridgehead atoms. The minimum Gasteiger partial charge on any atom is -0.236 e. The molecule has 0 atom stereocenters. The van der Waals surface area contributed by atoms with Crippen LogP contribution in [0.4, 0.5) is 0 Å². The van der Waals surface area contributed by atoms with Crippen molar-refractivity contribution in [1.29, 1.82) is 0 Å². The van der Waals surface area contributed by atoms with E-state index in [9.17, 15) is 0 Å². The van der Waals surface area contributed by atoms with Gasteiger partial charge < -0.3 is 0 Å². The molecule has 0 fully saturated rings. The third-order valence-electron chi connectivity index (χ3n) is 3.62. The molecule has 0 saturated carbocycles. The van der Waals surface area contributed by atoms with Gasteiger partial charge in [0.1, 0.15) is 10.7 Å². The van der Waals surface area contributed by atoms with E-state index < -0.39 is 0 Å². The van der Waals surface area contributed by atoms with Gasteiger partial charge in [0.2, 0.25) is 0 Å². The topological polar surface area (TPSA) is 25.8 Å². The van der Waals surface area contributed by atoms with E-state index >= 15 is 0 Å². The van der Waals surface area contributed by atoms with E-state index in [1.54, 1.807) is 11.3 Å². The van der Waals surface area contributed by atoms with Crippen LogP contribution in [0.1, 0.15) is 53.1 Å². The van der Waals surface area contributed by atoms with Crippen molar-refractivity contribution in [2.45, 2.75) is 52.4 Å². The minimum absolute atomic E-state index is 0.00499. The summed E-state index contributed by atoms with van der Waals surface area (Å²) < 4.78 is 1.29. The van der Waals surface area contributed by atoms with Crippen molar-refractivity contribution in [3.8, 4) is 0 Å². The first-order chi connectivity index (χ1) is 9.68. The van der Waals surface area contributed by atoms with Gasteiger partial charge in [-0.1, -0.05) is 59.7 Å². The number of aromatic nitrogens is 2. The number of hydrogen-bond donors (Lipinski definition) is 0. The van der Waals surface area contributed by atoms with Crippen LogP contribution in [-0.4, -0.2) is 9.97 Å². The summed E-state index contributed by atoms with van der Waals surface area (Å²) in [6, 6.07) is 8.54. The second kappa shape index (κ2) is 4.51. The molecule has 110 valence electrons. The van der Waals surface area contributed by atoms with Crippen molar-refractivity contribution in [3.63, 3.8) is 0 Å². The second-order valence-electron chi connectivity index (χ2n) is 7.67. The monoisotopic (exact) mass is 298 g/mol. The third kappa shape index (κ3) is 2.44. The van der Waals surface area contributed by atoms with E-state index in [0.29, 0.717) is 0 Å². The normalized spacial score (nSPS) is 13.2. The molecule has 3 aromatic rings. The number of nitrogens with zero attached hydrogens (tertiary/aromatic N) is 2. The molecule has 3 heteroatoms. The van der Waals surface area contributed by atoms with Crippen molar-refractivity contribution in [2.75, 3.05) is 0 Å². The molecule has 0 aliphatic carbocycles. The molecule has 0 amide bonds. The fourth-order valence-electron chi connectivity index (χ4n) is 2.50. The van der Waals surface area contributed by atoms with E-state index in [4.69, 9.17) is 9.97 Å². The maximum absolute atomic E-state index is 4.96. The number of hydrogen-bond acceptors (Lipinski definition) is 3. The summed E-state index contributed by atoms with van der Waals surface area (Å²) in [5, 5.41) is 2.51. The summed E-state index contributed by atoms with van der Waals surface area (Å²) in [4.78, 5) is 10.9. The van der Waals surface area contributed by atoms with E-state index in [0.717, 1.165) is 16.3 Å². The Kier molecular flexibility index (Phi) is 3.10. The maximum atomic E-state index is 4.96. The third-order valence-corrected chi connectivity index (χ3v) is 4.68. The average molecular weight is 298 g/mol. The van der Waals surface area contributed by atoms with Crippen LogP contribution in [0.3, 0.4) is 0 Å². The number of fused-ring (bicyclic) bond motifs is 3. The molecular formula is C18H22N2S. The highest BCUT2D eigenvalue weighted by Crippen LogP contribution is 2.39. The van der Waals surface area contributed by atoms with Crippen LogP contribution in [-0.2, 0) is 10.8 Å². The quantitative estimate of drug-likeness (QED) is 0.552. The molecule has 2 heterocycles. The zero-order chi connectivity index (χ0) is 15.4. The first-order valence-corrected chi connectivity index (χ1v) is 8.20. The number of rotatable bonds is 0. The number of benzene rings is 1. The molecule has 2 aromatic heterocycles. The van der Waals surface area contributed by atoms with Gasteiger partial charge in [0, 0.05) is 26.3 Å². The molecule has 0 spiro atoms. The van der Waals surface area contributed by atoms with E-state index in [1.165, 1.54) is 15.5 Å². The predicted octanol–water partition coefficient (Wildman–Crippen LogP) is 5.44. The average Bonchev–Trinajstić information content (AvgIpc) is 2.73. The van der Waals surface area contributed by atoms with Crippen molar-refractivity contribution >= 4 is 31.6 Å². The van der Waals surface area contributed by atoms with Crippen LogP contribution in [0.25, 0.3) is 20.3 Å². The Morgan fingerprint density at radius 2 is 1.52 bits per heavy atom. The van der Waals surface area contributed by atoms with Crippen molar-refractivity contribution in [3.05, 3.63) is 35.8 Å². The van der Waals surface area contributed by atoms with Crippen LogP contribution in [0, 0.1) is 0 Å². The lowest BCUT2D eigenvalue weighted by Crippen LogP contribution is -2.21. The van der Waals surface area contributed by atoms with Crippen LogP contribution in [0.15, 0.2) is 24.3 Å². The summed E-state index contributed by atoms with van der Waals surface area (Å²) in [6.45, 7) is 13.2. The van der Waals surface area contributed by atoms with Gasteiger partial charge in [0.15, 0.2) is 0 Å². The van der Waals surface area contributed by atoms with Gasteiger partial charge in [-0.25, -0.2) is 9.97 Å². The first kappa shape index (κ1) is 14.5. The van der Waals surface area contributed by atoms with E-state index in [2.05, 4.69) is 65.8 Å². The number of thiophene rings is 1. The Bertz CT molecular complexity index is 817. The van der Waals surface area contributed by atoms with Crippen LogP contribution in [0.2, 0.25) is 0 Å². The summed E-state index contributed by atoms with van der Waals surface area (Å²) >= 11 is 1.77. The van der Waals surface area contributed by atoms with Gasteiger partial charge in [-0.3, -0.25) is 0 Å². The Hall–Kier alpha value is -1.48. The zero-order valence-corrected chi connectivity index (χ0v) is 14.4. The lowest BCUT2D eigenvalue weighted by Gasteiger charge is -2.23. The SMILES string of the molecule is CC(C)(C)c1nc(C(C)(C)C)c2c(n1)sc1ccccc12. The molecule has 0 unspecified atom stereocenters. The molecule has 0 radical (unpaired) electrons. The van der Waals surface area contributed by atoms with Crippen LogP contribution >= 0.6 is 11.3 Å². The van der Waals surface area contributed by atoms with Crippen molar-refractivity contribution < 1.29 is 0 Å². The van der Waals surface area contributed by atoms with Gasteiger partial charge in [-0.05, 0) is 6.07 Å². The van der Waals surface area contributed by atoms with E-state index in [1.807, 2.05) is 0 Å². The fourth-order valence-corrected chi connectivity index (χ4v) is 3.58. The highest BCUT2D eigenvalue weighted by Gasteiger charge is 2.27. The molecule has 0 aliphatic heterocycles. The smallest absolute Gasteiger partial charge is 0.135 e. The Morgan fingerprint density at radius 1 is 0.857 bits per heavy atom. The Morgan fingerprint density at radius 3 is 2.14 bits per heavy atom.